The molecule has 1 aliphatic rings. The second-order valence-corrected chi connectivity index (χ2v) is 5.82. The van der Waals surface area contributed by atoms with Crippen molar-refractivity contribution in [3.63, 3.8) is 0 Å². The van der Waals surface area contributed by atoms with Crippen LogP contribution in [0.15, 0.2) is 18.2 Å². The van der Waals surface area contributed by atoms with Crippen LogP contribution in [0.5, 0.6) is 0 Å². The van der Waals surface area contributed by atoms with Crippen LogP contribution < -0.4 is 0 Å². The van der Waals surface area contributed by atoms with Crippen molar-refractivity contribution >= 4 is 5.97 Å². The van der Waals surface area contributed by atoms with E-state index in [2.05, 4.69) is 42.2 Å². The summed E-state index contributed by atoms with van der Waals surface area (Å²) in [5.41, 5.74) is 3.67. The molecule has 3 rings (SSSR count). The normalized spacial score (nSPS) is 17.5. The zero-order valence-electron chi connectivity index (χ0n) is 12.3. The van der Waals surface area contributed by atoms with Gasteiger partial charge in [0.05, 0.1) is 5.92 Å². The number of hydrogen-bond donors (Lipinski definition) is 1. The Balaban J connectivity index is 1.89. The fourth-order valence-corrected chi connectivity index (χ4v) is 2.88. The minimum Gasteiger partial charge on any atom is -0.481 e. The Bertz CT molecular complexity index is 691. The maximum atomic E-state index is 11.2. The molecule has 1 aromatic heterocycles. The quantitative estimate of drug-likeness (QED) is 0.938. The number of carbonyl (C=O) groups is 1. The zero-order chi connectivity index (χ0) is 15.0. The summed E-state index contributed by atoms with van der Waals surface area (Å²) in [6.45, 7) is 4.64. The number of fused-ring (bicyclic) bond motifs is 1. The Morgan fingerprint density at radius 3 is 2.95 bits per heavy atom. The number of benzene rings is 1. The Hall–Kier alpha value is -2.17. The van der Waals surface area contributed by atoms with Gasteiger partial charge in [0, 0.05) is 19.4 Å². The van der Waals surface area contributed by atoms with Crippen LogP contribution in [0, 0.1) is 19.8 Å². The lowest BCUT2D eigenvalue weighted by Gasteiger charge is -2.21. The summed E-state index contributed by atoms with van der Waals surface area (Å²) in [6.07, 6.45) is 2.04. The molecule has 0 fully saturated rings. The van der Waals surface area contributed by atoms with Gasteiger partial charge in [0.1, 0.15) is 11.6 Å². The van der Waals surface area contributed by atoms with Crippen molar-refractivity contribution in [2.24, 2.45) is 5.92 Å². The minimum atomic E-state index is -0.730. The van der Waals surface area contributed by atoms with Gasteiger partial charge >= 0.3 is 5.97 Å². The highest BCUT2D eigenvalue weighted by atomic mass is 16.4. The molecule has 5 nitrogen and oxygen atoms in total. The number of aromatic nitrogens is 3. The molecule has 1 N–H and O–H groups in total. The fourth-order valence-electron chi connectivity index (χ4n) is 2.88. The van der Waals surface area contributed by atoms with E-state index in [1.165, 1.54) is 16.7 Å². The summed E-state index contributed by atoms with van der Waals surface area (Å²) in [4.78, 5) is 11.2. The maximum Gasteiger partial charge on any atom is 0.308 e. The van der Waals surface area contributed by atoms with E-state index < -0.39 is 5.97 Å². The van der Waals surface area contributed by atoms with E-state index in [0.717, 1.165) is 11.6 Å². The third-order valence-corrected chi connectivity index (χ3v) is 4.23. The van der Waals surface area contributed by atoms with Gasteiger partial charge in [0.25, 0.3) is 0 Å². The van der Waals surface area contributed by atoms with Gasteiger partial charge in [-0.05, 0) is 31.4 Å². The van der Waals surface area contributed by atoms with Gasteiger partial charge in [0.2, 0.25) is 0 Å². The van der Waals surface area contributed by atoms with Gasteiger partial charge in [-0.1, -0.05) is 23.8 Å². The molecule has 1 unspecified atom stereocenters. The van der Waals surface area contributed by atoms with Crippen molar-refractivity contribution in [3.8, 4) is 0 Å². The Morgan fingerprint density at radius 1 is 1.38 bits per heavy atom. The molecule has 5 heteroatoms. The first kappa shape index (κ1) is 13.8. The van der Waals surface area contributed by atoms with Crippen molar-refractivity contribution < 1.29 is 9.90 Å². The van der Waals surface area contributed by atoms with Gasteiger partial charge in [-0.15, -0.1) is 10.2 Å². The van der Waals surface area contributed by atoms with Gasteiger partial charge in [-0.3, -0.25) is 4.79 Å². The minimum absolute atomic E-state index is 0.328. The van der Waals surface area contributed by atoms with E-state index >= 15 is 0 Å². The van der Waals surface area contributed by atoms with Crippen molar-refractivity contribution in [2.75, 3.05) is 0 Å². The number of carboxylic acid groups (broad SMARTS) is 1. The first-order chi connectivity index (χ1) is 10.0. The summed E-state index contributed by atoms with van der Waals surface area (Å²) in [5, 5.41) is 17.7. The van der Waals surface area contributed by atoms with Crippen LogP contribution in [0.25, 0.3) is 0 Å². The molecule has 2 heterocycles. The van der Waals surface area contributed by atoms with E-state index in [4.69, 9.17) is 0 Å². The summed E-state index contributed by atoms with van der Waals surface area (Å²) < 4.78 is 1.99. The van der Waals surface area contributed by atoms with Gasteiger partial charge < -0.3 is 9.67 Å². The van der Waals surface area contributed by atoms with E-state index in [9.17, 15) is 9.90 Å². The van der Waals surface area contributed by atoms with Crippen LogP contribution in [-0.2, 0) is 24.2 Å². The molecule has 0 saturated heterocycles. The highest BCUT2D eigenvalue weighted by Gasteiger charge is 2.27. The van der Waals surface area contributed by atoms with E-state index in [0.29, 0.717) is 25.8 Å². The lowest BCUT2D eigenvalue weighted by atomic mass is 9.98. The number of carboxylic acids is 1. The predicted molar refractivity (Wildman–Crippen MR) is 78.2 cm³/mol. The third-order valence-electron chi connectivity index (χ3n) is 4.23. The van der Waals surface area contributed by atoms with Crippen LogP contribution in [0.2, 0.25) is 0 Å². The molecular weight excluding hydrogens is 266 g/mol. The van der Waals surface area contributed by atoms with Crippen molar-refractivity contribution in [1.82, 2.24) is 14.8 Å². The molecule has 21 heavy (non-hydrogen) atoms. The van der Waals surface area contributed by atoms with Gasteiger partial charge in [-0.2, -0.15) is 0 Å². The molecule has 0 saturated carbocycles. The molecule has 2 aromatic rings. The first-order valence-electron chi connectivity index (χ1n) is 7.24. The van der Waals surface area contributed by atoms with Crippen molar-refractivity contribution in [1.29, 1.82) is 0 Å². The Labute approximate surface area is 123 Å². The molecule has 0 spiro atoms. The maximum absolute atomic E-state index is 11.2. The largest absolute Gasteiger partial charge is 0.481 e. The summed E-state index contributed by atoms with van der Waals surface area (Å²) in [6, 6.07) is 6.37. The number of hydrogen-bond acceptors (Lipinski definition) is 3. The highest BCUT2D eigenvalue weighted by molar-refractivity contribution is 5.70. The predicted octanol–water partition coefficient (Wildman–Crippen LogP) is 2.13. The average molecular weight is 285 g/mol. The zero-order valence-corrected chi connectivity index (χ0v) is 12.3. The standard InChI is InChI=1S/C16H19N3O2/c1-10-3-4-11(2)13(7-10)8-15-18-17-14-6-5-12(16(20)21)9-19(14)15/h3-4,7,12H,5-6,8-9H2,1-2H3,(H,20,21). The Kier molecular flexibility index (Phi) is 3.49. The van der Waals surface area contributed by atoms with Crippen LogP contribution in [0.3, 0.4) is 0 Å². The smallest absolute Gasteiger partial charge is 0.308 e. The van der Waals surface area contributed by atoms with Crippen LogP contribution >= 0.6 is 0 Å². The molecule has 110 valence electrons. The SMILES string of the molecule is Cc1ccc(C)c(Cc2nnc3n2CC(C(=O)O)CC3)c1. The van der Waals surface area contributed by atoms with Crippen molar-refractivity contribution in [2.45, 2.75) is 39.7 Å². The molecule has 1 atom stereocenters. The van der Waals surface area contributed by atoms with Gasteiger partial charge in [-0.25, -0.2) is 0 Å². The third kappa shape index (κ3) is 2.68. The second-order valence-electron chi connectivity index (χ2n) is 5.82. The molecule has 1 aromatic carbocycles. The van der Waals surface area contributed by atoms with Crippen LogP contribution in [0.1, 0.15) is 34.8 Å². The Morgan fingerprint density at radius 2 is 2.19 bits per heavy atom. The van der Waals surface area contributed by atoms with Crippen LogP contribution in [0.4, 0.5) is 0 Å². The number of aryl methyl sites for hydroxylation is 3. The molecular formula is C16H19N3O2. The molecule has 0 aliphatic carbocycles. The lowest BCUT2D eigenvalue weighted by molar-refractivity contribution is -0.142. The second kappa shape index (κ2) is 5.31. The monoisotopic (exact) mass is 285 g/mol. The van der Waals surface area contributed by atoms with E-state index in [1.807, 2.05) is 4.57 Å². The fraction of sp³-hybridized carbons (Fsp3) is 0.438. The summed E-state index contributed by atoms with van der Waals surface area (Å²) in [7, 11) is 0. The number of aliphatic carboxylic acids is 1. The highest BCUT2D eigenvalue weighted by Crippen LogP contribution is 2.22. The van der Waals surface area contributed by atoms with E-state index in [-0.39, 0.29) is 5.92 Å². The molecule has 0 bridgehead atoms. The van der Waals surface area contributed by atoms with Crippen molar-refractivity contribution in [3.05, 3.63) is 46.5 Å². The molecule has 1 aliphatic heterocycles. The average Bonchev–Trinajstić information content (AvgIpc) is 2.85. The number of nitrogens with zero attached hydrogens (tertiary/aromatic N) is 3. The van der Waals surface area contributed by atoms with Gasteiger partial charge in [0.15, 0.2) is 0 Å². The molecule has 0 radical (unpaired) electrons. The van der Waals surface area contributed by atoms with Crippen LogP contribution in [-0.4, -0.2) is 25.8 Å². The molecule has 0 amide bonds. The topological polar surface area (TPSA) is 68.0 Å². The summed E-state index contributed by atoms with van der Waals surface area (Å²) in [5.74, 6) is 0.718. The number of rotatable bonds is 3. The van der Waals surface area contributed by atoms with E-state index in [1.54, 1.807) is 0 Å². The first-order valence-corrected chi connectivity index (χ1v) is 7.24. The summed E-state index contributed by atoms with van der Waals surface area (Å²) >= 11 is 0. The lowest BCUT2D eigenvalue weighted by Crippen LogP contribution is -2.27.